The van der Waals surface area contributed by atoms with E-state index >= 15 is 0 Å². The molecule has 1 heteroatoms. The molecule has 0 fully saturated rings. The van der Waals surface area contributed by atoms with Gasteiger partial charge in [0.15, 0.2) is 0 Å². The van der Waals surface area contributed by atoms with E-state index in [4.69, 9.17) is 0 Å². The topological polar surface area (TPSA) is 4.93 Å². The number of aryl methyl sites for hydroxylation is 1. The second-order valence-corrected chi connectivity index (χ2v) is 9.31. The van der Waals surface area contributed by atoms with E-state index in [-0.39, 0.29) is 0 Å². The minimum absolute atomic E-state index is 1.09. The molecule has 162 valence electrons. The van der Waals surface area contributed by atoms with Crippen LogP contribution in [0.15, 0.2) is 109 Å². The zero-order valence-corrected chi connectivity index (χ0v) is 19.3. The minimum atomic E-state index is 1.09. The van der Waals surface area contributed by atoms with E-state index in [9.17, 15) is 0 Å². The van der Waals surface area contributed by atoms with Gasteiger partial charge in [-0.1, -0.05) is 97.1 Å². The number of allylic oxidation sites excluding steroid dienone is 4. The molecule has 0 amide bonds. The van der Waals surface area contributed by atoms with E-state index in [1.165, 1.54) is 65.6 Å². The summed E-state index contributed by atoms with van der Waals surface area (Å²) < 4.78 is 2.40. The first kappa shape index (κ1) is 19.4. The Morgan fingerprint density at radius 1 is 0.618 bits per heavy atom. The highest BCUT2D eigenvalue weighted by Crippen LogP contribution is 2.44. The molecule has 5 aromatic carbocycles. The maximum absolute atomic E-state index is 2.43. The summed E-state index contributed by atoms with van der Waals surface area (Å²) in [5.41, 5.74) is 7.93. The Kier molecular flexibility index (Phi) is 4.25. The molecule has 1 nitrogen and oxygen atoms in total. The van der Waals surface area contributed by atoms with E-state index in [0.717, 1.165) is 12.8 Å². The molecule has 1 heterocycles. The van der Waals surface area contributed by atoms with Crippen LogP contribution in [0.4, 0.5) is 0 Å². The van der Waals surface area contributed by atoms with Crippen molar-refractivity contribution >= 4 is 48.9 Å². The van der Waals surface area contributed by atoms with Crippen molar-refractivity contribution in [3.8, 4) is 11.1 Å². The van der Waals surface area contributed by atoms with Crippen molar-refractivity contribution < 1.29 is 0 Å². The monoisotopic (exact) mass is 435 g/mol. The van der Waals surface area contributed by atoms with E-state index in [0.29, 0.717) is 0 Å². The van der Waals surface area contributed by atoms with Crippen molar-refractivity contribution in [3.05, 3.63) is 115 Å². The summed E-state index contributed by atoms with van der Waals surface area (Å²) in [6.07, 6.45) is 8.97. The first-order valence-electron chi connectivity index (χ1n) is 12.1. The Labute approximate surface area is 199 Å². The Morgan fingerprint density at radius 2 is 1.18 bits per heavy atom. The predicted molar refractivity (Wildman–Crippen MR) is 147 cm³/mol. The number of fused-ring (bicyclic) bond motifs is 7. The fourth-order valence-electron chi connectivity index (χ4n) is 5.85. The van der Waals surface area contributed by atoms with Gasteiger partial charge in [-0.05, 0) is 68.8 Å². The van der Waals surface area contributed by atoms with Gasteiger partial charge in [0.25, 0.3) is 0 Å². The quantitative estimate of drug-likeness (QED) is 0.256. The lowest BCUT2D eigenvalue weighted by atomic mass is 9.89. The molecule has 0 spiro atoms. The number of nitrogens with zero attached hydrogens (tertiary/aromatic N) is 1. The molecule has 6 aromatic rings. The molecule has 0 atom stereocenters. The molecule has 1 aromatic heterocycles. The van der Waals surface area contributed by atoms with Crippen LogP contribution in [0.5, 0.6) is 0 Å². The standard InChI is InChI=1S/C33H25N/c1-34-30-20-28(22-12-4-2-5-13-22)24-16-8-10-18-26(24)32(30)33-27-19-11-9-17-25(27)29(21-31(33)34)23-14-6-3-7-15-23/h2-6,8-14,16-21H,7,15H2,1H3. The zero-order chi connectivity index (χ0) is 22.6. The van der Waals surface area contributed by atoms with Crippen LogP contribution in [0.1, 0.15) is 18.4 Å². The first-order chi connectivity index (χ1) is 16.8. The maximum atomic E-state index is 2.43. The van der Waals surface area contributed by atoms with Crippen LogP contribution in [-0.2, 0) is 7.05 Å². The van der Waals surface area contributed by atoms with Crippen LogP contribution >= 0.6 is 0 Å². The highest BCUT2D eigenvalue weighted by atomic mass is 14.9. The SMILES string of the molecule is Cn1c2cc(C3=CC=CCC3)c3ccccc3c2c2c3ccccc3c(-c3ccccc3)cc21. The summed E-state index contributed by atoms with van der Waals surface area (Å²) in [6, 6.07) is 33.4. The van der Waals surface area contributed by atoms with Crippen molar-refractivity contribution in [2.45, 2.75) is 12.8 Å². The van der Waals surface area contributed by atoms with E-state index in [1.54, 1.807) is 0 Å². The van der Waals surface area contributed by atoms with Crippen molar-refractivity contribution in [1.82, 2.24) is 4.57 Å². The van der Waals surface area contributed by atoms with E-state index < -0.39 is 0 Å². The third-order valence-electron chi connectivity index (χ3n) is 7.46. The fraction of sp³-hybridized carbons (Fsp3) is 0.0909. The molecule has 0 N–H and O–H groups in total. The molecule has 0 saturated carbocycles. The number of rotatable bonds is 2. The molecular formula is C33H25N. The molecule has 0 bridgehead atoms. The van der Waals surface area contributed by atoms with E-state index in [1.807, 2.05) is 0 Å². The lowest BCUT2D eigenvalue weighted by Gasteiger charge is -2.14. The Morgan fingerprint density at radius 3 is 1.79 bits per heavy atom. The molecule has 0 saturated heterocycles. The molecular weight excluding hydrogens is 410 g/mol. The normalized spacial score (nSPS) is 13.9. The van der Waals surface area contributed by atoms with Crippen LogP contribution in [0.3, 0.4) is 0 Å². The summed E-state index contributed by atoms with van der Waals surface area (Å²) in [5, 5.41) is 8.03. The molecule has 0 radical (unpaired) electrons. The largest absolute Gasteiger partial charge is 0.344 e. The van der Waals surface area contributed by atoms with Gasteiger partial charge in [0.05, 0.1) is 11.0 Å². The minimum Gasteiger partial charge on any atom is -0.344 e. The second kappa shape index (κ2) is 7.46. The third kappa shape index (κ3) is 2.74. The lowest BCUT2D eigenvalue weighted by molar-refractivity contribution is 1.01. The predicted octanol–water partition coefficient (Wildman–Crippen LogP) is 9.04. The Balaban J connectivity index is 1.69. The fourth-order valence-corrected chi connectivity index (χ4v) is 5.85. The zero-order valence-electron chi connectivity index (χ0n) is 19.3. The summed E-state index contributed by atoms with van der Waals surface area (Å²) in [4.78, 5) is 0. The van der Waals surface area contributed by atoms with Crippen LogP contribution in [0, 0.1) is 0 Å². The second-order valence-electron chi connectivity index (χ2n) is 9.31. The van der Waals surface area contributed by atoms with Crippen LogP contribution in [-0.4, -0.2) is 4.57 Å². The number of hydrogen-bond acceptors (Lipinski definition) is 0. The molecule has 34 heavy (non-hydrogen) atoms. The maximum Gasteiger partial charge on any atom is 0.0501 e. The van der Waals surface area contributed by atoms with Gasteiger partial charge in [-0.25, -0.2) is 0 Å². The summed E-state index contributed by atoms with van der Waals surface area (Å²) in [5.74, 6) is 0. The lowest BCUT2D eigenvalue weighted by Crippen LogP contribution is -1.93. The van der Waals surface area contributed by atoms with Gasteiger partial charge in [-0.15, -0.1) is 0 Å². The van der Waals surface area contributed by atoms with Gasteiger partial charge in [-0.2, -0.15) is 0 Å². The number of benzene rings is 5. The van der Waals surface area contributed by atoms with Crippen molar-refractivity contribution in [2.75, 3.05) is 0 Å². The van der Waals surface area contributed by atoms with Crippen LogP contribution < -0.4 is 0 Å². The van der Waals surface area contributed by atoms with Gasteiger partial charge < -0.3 is 4.57 Å². The van der Waals surface area contributed by atoms with E-state index in [2.05, 4.69) is 121 Å². The average molecular weight is 436 g/mol. The molecule has 1 aliphatic carbocycles. The van der Waals surface area contributed by atoms with Gasteiger partial charge in [0.1, 0.15) is 0 Å². The van der Waals surface area contributed by atoms with Crippen molar-refractivity contribution in [3.63, 3.8) is 0 Å². The summed E-state index contributed by atoms with van der Waals surface area (Å²) >= 11 is 0. The Hall–Kier alpha value is -4.10. The van der Waals surface area contributed by atoms with Gasteiger partial charge in [0.2, 0.25) is 0 Å². The molecule has 7 rings (SSSR count). The highest BCUT2D eigenvalue weighted by molar-refractivity contribution is 6.30. The van der Waals surface area contributed by atoms with Crippen molar-refractivity contribution in [2.24, 2.45) is 7.05 Å². The smallest absolute Gasteiger partial charge is 0.0501 e. The average Bonchev–Trinajstić information content (AvgIpc) is 3.20. The number of hydrogen-bond donors (Lipinski definition) is 0. The first-order valence-corrected chi connectivity index (χ1v) is 12.1. The number of aromatic nitrogens is 1. The summed E-state index contributed by atoms with van der Waals surface area (Å²) in [6.45, 7) is 0. The van der Waals surface area contributed by atoms with Gasteiger partial charge in [-0.3, -0.25) is 0 Å². The summed E-state index contributed by atoms with van der Waals surface area (Å²) in [7, 11) is 2.22. The molecule has 0 unspecified atom stereocenters. The molecule has 1 aliphatic rings. The highest BCUT2D eigenvalue weighted by Gasteiger charge is 2.19. The molecule has 0 aliphatic heterocycles. The third-order valence-corrected chi connectivity index (χ3v) is 7.46. The van der Waals surface area contributed by atoms with Crippen molar-refractivity contribution in [1.29, 1.82) is 0 Å². The van der Waals surface area contributed by atoms with Crippen LogP contribution in [0.2, 0.25) is 0 Å². The van der Waals surface area contributed by atoms with Gasteiger partial charge in [0, 0.05) is 17.8 Å². The van der Waals surface area contributed by atoms with Gasteiger partial charge >= 0.3 is 0 Å². The van der Waals surface area contributed by atoms with Crippen LogP contribution in [0.25, 0.3) is 60.1 Å². The Bertz CT molecular complexity index is 1800.